The molecule has 1 atom stereocenters. The first-order chi connectivity index (χ1) is 13.7. The summed E-state index contributed by atoms with van der Waals surface area (Å²) in [5.41, 5.74) is 1.71. The van der Waals surface area contributed by atoms with Crippen molar-refractivity contribution in [2.45, 2.75) is 45.1 Å². The highest BCUT2D eigenvalue weighted by Crippen LogP contribution is 2.35. The standard InChI is InChI=1S/C24H27NO3/c1-3-16-28-21-15-14-20(17-22(21)27-2)24(26)25-23(18-10-6-4-7-11-18)19-12-8-5-9-13-19/h4,6-7,10-11,14-15,17,19,23H,5,8-9,12-13H2,1-2H3,(H,25,26). The van der Waals surface area contributed by atoms with Crippen molar-refractivity contribution >= 4 is 5.91 Å². The third-order valence-corrected chi connectivity index (χ3v) is 5.26. The normalized spacial score (nSPS) is 15.1. The summed E-state index contributed by atoms with van der Waals surface area (Å²) in [6.07, 6.45) is 8.57. The summed E-state index contributed by atoms with van der Waals surface area (Å²) in [6.45, 7) is 1.70. The van der Waals surface area contributed by atoms with Crippen LogP contribution in [0, 0.1) is 17.9 Å². The van der Waals surface area contributed by atoms with E-state index in [2.05, 4.69) is 29.5 Å². The number of hydrogen-bond donors (Lipinski definition) is 1. The lowest BCUT2D eigenvalue weighted by atomic mass is 9.81. The molecule has 3 rings (SSSR count). The Bertz CT molecular complexity index is 845. The van der Waals surface area contributed by atoms with Crippen LogP contribution in [0.5, 0.6) is 11.5 Å². The second-order valence-corrected chi connectivity index (χ2v) is 7.08. The molecule has 4 heteroatoms. The topological polar surface area (TPSA) is 47.6 Å². The fourth-order valence-electron chi connectivity index (χ4n) is 3.82. The first-order valence-corrected chi connectivity index (χ1v) is 9.85. The minimum absolute atomic E-state index is 0.0156. The molecule has 1 aliphatic carbocycles. The van der Waals surface area contributed by atoms with Crippen LogP contribution >= 0.6 is 0 Å². The van der Waals surface area contributed by atoms with E-state index in [0.717, 1.165) is 18.4 Å². The largest absolute Gasteiger partial charge is 0.493 e. The number of ether oxygens (including phenoxy) is 2. The second kappa shape index (κ2) is 9.85. The maximum Gasteiger partial charge on any atom is 0.251 e. The average Bonchev–Trinajstić information content (AvgIpc) is 2.77. The molecule has 0 aromatic heterocycles. The highest BCUT2D eigenvalue weighted by molar-refractivity contribution is 5.95. The van der Waals surface area contributed by atoms with E-state index in [0.29, 0.717) is 23.0 Å². The lowest BCUT2D eigenvalue weighted by molar-refractivity contribution is 0.0912. The second-order valence-electron chi connectivity index (χ2n) is 7.08. The summed E-state index contributed by atoms with van der Waals surface area (Å²) in [5, 5.41) is 3.27. The molecule has 1 unspecified atom stereocenters. The zero-order chi connectivity index (χ0) is 19.8. The maximum absolute atomic E-state index is 13.0. The number of carbonyl (C=O) groups excluding carboxylic acids is 1. The molecule has 1 fully saturated rings. The zero-order valence-electron chi connectivity index (χ0n) is 16.5. The van der Waals surface area contributed by atoms with E-state index >= 15 is 0 Å². The van der Waals surface area contributed by atoms with Gasteiger partial charge in [-0.2, -0.15) is 0 Å². The van der Waals surface area contributed by atoms with Gasteiger partial charge < -0.3 is 14.8 Å². The van der Waals surface area contributed by atoms with E-state index in [9.17, 15) is 4.79 Å². The van der Waals surface area contributed by atoms with Crippen molar-refractivity contribution in [3.8, 4) is 23.5 Å². The van der Waals surface area contributed by atoms with Crippen LogP contribution in [-0.4, -0.2) is 13.0 Å². The number of nitrogens with one attached hydrogen (secondary N) is 1. The van der Waals surface area contributed by atoms with Gasteiger partial charge in [-0.05, 0) is 42.5 Å². The van der Waals surface area contributed by atoms with E-state index in [4.69, 9.17) is 9.47 Å². The van der Waals surface area contributed by atoms with Gasteiger partial charge in [0, 0.05) is 12.5 Å². The van der Waals surface area contributed by atoms with Crippen LogP contribution in [0.2, 0.25) is 0 Å². The maximum atomic E-state index is 13.0. The number of methoxy groups -OCH3 is 1. The Labute approximate surface area is 167 Å². The van der Waals surface area contributed by atoms with Crippen molar-refractivity contribution in [3.05, 3.63) is 59.7 Å². The Kier molecular flexibility index (Phi) is 6.97. The minimum atomic E-state index is -0.106. The molecule has 2 aromatic rings. The van der Waals surface area contributed by atoms with Crippen molar-refractivity contribution in [3.63, 3.8) is 0 Å². The van der Waals surface area contributed by atoms with E-state index in [1.807, 2.05) is 18.2 Å². The fraction of sp³-hybridized carbons (Fsp3) is 0.375. The third kappa shape index (κ3) is 4.86. The summed E-state index contributed by atoms with van der Waals surface area (Å²) < 4.78 is 10.7. The quantitative estimate of drug-likeness (QED) is 0.712. The van der Waals surface area contributed by atoms with Gasteiger partial charge in [0.15, 0.2) is 11.5 Å². The first-order valence-electron chi connectivity index (χ1n) is 9.85. The monoisotopic (exact) mass is 377 g/mol. The molecule has 4 nitrogen and oxygen atoms in total. The van der Waals surface area contributed by atoms with Gasteiger partial charge in [0.1, 0.15) is 6.11 Å². The predicted octanol–water partition coefficient (Wildman–Crippen LogP) is 5.11. The highest BCUT2D eigenvalue weighted by atomic mass is 16.5. The molecular formula is C24H27NO3. The van der Waals surface area contributed by atoms with Gasteiger partial charge in [-0.15, -0.1) is 0 Å². The Morgan fingerprint density at radius 2 is 1.82 bits per heavy atom. The summed E-state index contributed by atoms with van der Waals surface area (Å²) in [6, 6.07) is 15.4. The molecule has 0 bridgehead atoms. The molecule has 146 valence electrons. The summed E-state index contributed by atoms with van der Waals surface area (Å²) in [4.78, 5) is 13.0. The Balaban J connectivity index is 1.82. The van der Waals surface area contributed by atoms with Crippen LogP contribution < -0.4 is 14.8 Å². The van der Waals surface area contributed by atoms with Gasteiger partial charge in [-0.25, -0.2) is 0 Å². The molecule has 0 radical (unpaired) electrons. The number of rotatable bonds is 6. The number of hydrogen-bond acceptors (Lipinski definition) is 3. The predicted molar refractivity (Wildman–Crippen MR) is 110 cm³/mol. The third-order valence-electron chi connectivity index (χ3n) is 5.26. The first kappa shape index (κ1) is 19.8. The van der Waals surface area contributed by atoms with Crippen LogP contribution in [0.25, 0.3) is 0 Å². The fourth-order valence-corrected chi connectivity index (χ4v) is 3.82. The van der Waals surface area contributed by atoms with Gasteiger partial charge in [-0.1, -0.05) is 55.5 Å². The Morgan fingerprint density at radius 1 is 1.07 bits per heavy atom. The van der Waals surface area contributed by atoms with Gasteiger partial charge in [0.25, 0.3) is 5.91 Å². The van der Waals surface area contributed by atoms with Crippen molar-refractivity contribution < 1.29 is 14.3 Å². The molecule has 1 N–H and O–H groups in total. The number of carbonyl (C=O) groups is 1. The molecule has 1 amide bonds. The zero-order valence-corrected chi connectivity index (χ0v) is 16.5. The average molecular weight is 377 g/mol. The van der Waals surface area contributed by atoms with Crippen molar-refractivity contribution in [1.82, 2.24) is 5.32 Å². The van der Waals surface area contributed by atoms with Crippen LogP contribution in [0.4, 0.5) is 0 Å². The van der Waals surface area contributed by atoms with Crippen LogP contribution in [0.1, 0.15) is 61.0 Å². The minimum Gasteiger partial charge on any atom is -0.493 e. The molecule has 0 spiro atoms. The van der Waals surface area contributed by atoms with Crippen LogP contribution in [0.3, 0.4) is 0 Å². The molecule has 2 aromatic carbocycles. The summed E-state index contributed by atoms with van der Waals surface area (Å²) in [7, 11) is 1.55. The molecule has 0 heterocycles. The van der Waals surface area contributed by atoms with Crippen molar-refractivity contribution in [2.75, 3.05) is 7.11 Å². The highest BCUT2D eigenvalue weighted by Gasteiger charge is 2.27. The van der Waals surface area contributed by atoms with E-state index in [1.165, 1.54) is 19.3 Å². The SMILES string of the molecule is CC#COc1ccc(C(=O)NC(c2ccccc2)C2CCCCC2)cc1OC. The van der Waals surface area contributed by atoms with Crippen LogP contribution in [0.15, 0.2) is 48.5 Å². The van der Waals surface area contributed by atoms with Crippen molar-refractivity contribution in [2.24, 2.45) is 5.92 Å². The smallest absolute Gasteiger partial charge is 0.251 e. The molecule has 1 aliphatic rings. The van der Waals surface area contributed by atoms with Gasteiger partial charge in [0.2, 0.25) is 0 Å². The van der Waals surface area contributed by atoms with Crippen molar-refractivity contribution in [1.29, 1.82) is 0 Å². The van der Waals surface area contributed by atoms with E-state index in [-0.39, 0.29) is 11.9 Å². The summed E-state index contributed by atoms with van der Waals surface area (Å²) >= 11 is 0. The van der Waals surface area contributed by atoms with Gasteiger partial charge in [-0.3, -0.25) is 4.79 Å². The van der Waals surface area contributed by atoms with E-state index in [1.54, 1.807) is 32.2 Å². The van der Waals surface area contributed by atoms with E-state index < -0.39 is 0 Å². The molecule has 0 saturated heterocycles. The summed E-state index contributed by atoms with van der Waals surface area (Å²) in [5.74, 6) is 4.03. The lowest BCUT2D eigenvalue weighted by Gasteiger charge is -2.31. The van der Waals surface area contributed by atoms with Gasteiger partial charge >= 0.3 is 0 Å². The number of benzene rings is 2. The van der Waals surface area contributed by atoms with Crippen LogP contribution in [-0.2, 0) is 0 Å². The molecule has 0 aliphatic heterocycles. The molecule has 1 saturated carbocycles. The Hall–Kier alpha value is -2.93. The number of amides is 1. The molecule has 28 heavy (non-hydrogen) atoms. The van der Waals surface area contributed by atoms with Gasteiger partial charge in [0.05, 0.1) is 13.2 Å². The Morgan fingerprint density at radius 3 is 2.50 bits per heavy atom. The lowest BCUT2D eigenvalue weighted by Crippen LogP contribution is -2.34. The molecular weight excluding hydrogens is 350 g/mol.